The Morgan fingerprint density at radius 1 is 0.970 bits per heavy atom. The Kier molecular flexibility index (Phi) is 6.71. The van der Waals surface area contributed by atoms with Crippen molar-refractivity contribution in [2.24, 2.45) is 0 Å². The summed E-state index contributed by atoms with van der Waals surface area (Å²) in [5.74, 6) is -0.662. The monoisotopic (exact) mass is 466 g/mol. The number of benzene rings is 2. The molecule has 0 bridgehead atoms. The molecule has 0 atom stereocenters. The second kappa shape index (κ2) is 9.68. The van der Waals surface area contributed by atoms with Crippen molar-refractivity contribution in [3.63, 3.8) is 0 Å². The lowest BCUT2D eigenvalue weighted by Crippen LogP contribution is -2.31. The number of aryl methyl sites for hydroxylation is 1. The van der Waals surface area contributed by atoms with Crippen LogP contribution in [0.25, 0.3) is 5.69 Å². The molecule has 1 fully saturated rings. The summed E-state index contributed by atoms with van der Waals surface area (Å²) in [5, 5.41) is 6.83. The lowest BCUT2D eigenvalue weighted by atomic mass is 10.2. The van der Waals surface area contributed by atoms with Gasteiger partial charge < -0.3 is 5.32 Å². The van der Waals surface area contributed by atoms with Crippen molar-refractivity contribution in [2.75, 3.05) is 18.4 Å². The number of nitrogens with one attached hydrogen (secondary N) is 1. The molecule has 1 saturated heterocycles. The van der Waals surface area contributed by atoms with Crippen molar-refractivity contribution in [3.8, 4) is 5.69 Å². The van der Waals surface area contributed by atoms with Crippen LogP contribution in [0.3, 0.4) is 0 Å². The summed E-state index contributed by atoms with van der Waals surface area (Å²) in [4.78, 5) is 25.2. The molecule has 33 heavy (non-hydrogen) atoms. The van der Waals surface area contributed by atoms with E-state index in [4.69, 9.17) is 0 Å². The van der Waals surface area contributed by atoms with Crippen LogP contribution < -0.4 is 10.7 Å². The Balaban J connectivity index is 1.52. The van der Waals surface area contributed by atoms with Crippen LogP contribution in [0.2, 0.25) is 0 Å². The molecule has 0 spiro atoms. The van der Waals surface area contributed by atoms with E-state index in [0.29, 0.717) is 18.8 Å². The fraction of sp³-hybridized carbons (Fsp3) is 0.292. The fourth-order valence-corrected chi connectivity index (χ4v) is 5.33. The smallest absolute Gasteiger partial charge is 0.280 e. The third-order valence-electron chi connectivity index (χ3n) is 5.60. The van der Waals surface area contributed by atoms with Crippen LogP contribution >= 0.6 is 0 Å². The summed E-state index contributed by atoms with van der Waals surface area (Å²) in [6.45, 7) is 2.98. The molecule has 4 rings (SSSR count). The molecule has 0 saturated carbocycles. The largest absolute Gasteiger partial charge is 0.320 e. The summed E-state index contributed by atoms with van der Waals surface area (Å²) in [5.41, 5.74) is 1.38. The normalized spacial score (nSPS) is 15.1. The molecule has 1 amide bonds. The van der Waals surface area contributed by atoms with Gasteiger partial charge >= 0.3 is 0 Å². The van der Waals surface area contributed by atoms with Crippen LogP contribution in [-0.4, -0.2) is 41.5 Å². The molecule has 3 aromatic rings. The number of sulfonamides is 1. The van der Waals surface area contributed by atoms with Gasteiger partial charge in [0, 0.05) is 31.0 Å². The molecule has 1 aromatic heterocycles. The standard InChI is InChI=1S/C24H26N4O4S/c1-18-7-6-8-20(17-18)28-16-13-22(29)23(26-28)24(30)25-19-9-11-21(12-10-19)33(31,32)27-14-4-2-3-5-15-27/h6-13,16-17H,2-5,14-15H2,1H3,(H,25,30). The molecule has 172 valence electrons. The van der Waals surface area contributed by atoms with Crippen molar-refractivity contribution in [1.82, 2.24) is 14.1 Å². The Morgan fingerprint density at radius 2 is 1.67 bits per heavy atom. The van der Waals surface area contributed by atoms with Gasteiger partial charge in [0.2, 0.25) is 15.5 Å². The van der Waals surface area contributed by atoms with Gasteiger partial charge in [-0.3, -0.25) is 9.59 Å². The Hall–Kier alpha value is -3.30. The van der Waals surface area contributed by atoms with Gasteiger partial charge in [-0.15, -0.1) is 0 Å². The molecule has 9 heteroatoms. The SMILES string of the molecule is Cc1cccc(-n2ccc(=O)c(C(=O)Nc3ccc(S(=O)(=O)N4CCCCCC4)cc3)n2)c1. The van der Waals surface area contributed by atoms with Crippen molar-refractivity contribution in [2.45, 2.75) is 37.5 Å². The molecule has 2 aromatic carbocycles. The van der Waals surface area contributed by atoms with Crippen LogP contribution in [0.4, 0.5) is 5.69 Å². The molecule has 8 nitrogen and oxygen atoms in total. The van der Waals surface area contributed by atoms with Crippen LogP contribution in [0.15, 0.2) is 70.5 Å². The Bertz CT molecular complexity index is 1310. The zero-order valence-electron chi connectivity index (χ0n) is 18.4. The van der Waals surface area contributed by atoms with E-state index in [9.17, 15) is 18.0 Å². The molecule has 1 N–H and O–H groups in total. The summed E-state index contributed by atoms with van der Waals surface area (Å²) >= 11 is 0. The lowest BCUT2D eigenvalue weighted by Gasteiger charge is -2.20. The van der Waals surface area contributed by atoms with Gasteiger partial charge in [0.15, 0.2) is 5.69 Å². The van der Waals surface area contributed by atoms with Crippen molar-refractivity contribution in [1.29, 1.82) is 0 Å². The minimum absolute atomic E-state index is 0.182. The number of hydrogen-bond acceptors (Lipinski definition) is 5. The number of anilines is 1. The fourth-order valence-electron chi connectivity index (χ4n) is 3.81. The first-order valence-electron chi connectivity index (χ1n) is 10.9. The predicted molar refractivity (Wildman–Crippen MR) is 126 cm³/mol. The van der Waals surface area contributed by atoms with Gasteiger partial charge in [-0.05, 0) is 61.7 Å². The number of hydrogen-bond donors (Lipinski definition) is 1. The summed E-state index contributed by atoms with van der Waals surface area (Å²) < 4.78 is 28.8. The van der Waals surface area contributed by atoms with Gasteiger partial charge in [-0.25, -0.2) is 13.1 Å². The van der Waals surface area contributed by atoms with Gasteiger partial charge in [-0.2, -0.15) is 9.40 Å². The second-order valence-electron chi connectivity index (χ2n) is 8.11. The van der Waals surface area contributed by atoms with Crippen LogP contribution in [0, 0.1) is 6.92 Å². The Morgan fingerprint density at radius 3 is 2.33 bits per heavy atom. The maximum atomic E-state index is 12.9. The Labute approximate surface area is 192 Å². The van der Waals surface area contributed by atoms with Gasteiger partial charge in [0.1, 0.15) is 0 Å². The van der Waals surface area contributed by atoms with Crippen molar-refractivity contribution >= 4 is 21.6 Å². The molecule has 1 aliphatic heterocycles. The highest BCUT2D eigenvalue weighted by Gasteiger charge is 2.25. The first-order chi connectivity index (χ1) is 15.8. The number of carbonyl (C=O) groups is 1. The van der Waals surface area contributed by atoms with Gasteiger partial charge in [-0.1, -0.05) is 25.0 Å². The molecular weight excluding hydrogens is 440 g/mol. The maximum absolute atomic E-state index is 12.9. The number of rotatable bonds is 5. The van der Waals surface area contributed by atoms with E-state index in [0.717, 1.165) is 36.9 Å². The number of aromatic nitrogens is 2. The number of amides is 1. The maximum Gasteiger partial charge on any atom is 0.280 e. The quantitative estimate of drug-likeness (QED) is 0.621. The average Bonchev–Trinajstić information content (AvgIpc) is 3.10. The summed E-state index contributed by atoms with van der Waals surface area (Å²) in [7, 11) is -3.57. The summed E-state index contributed by atoms with van der Waals surface area (Å²) in [6, 6.07) is 14.8. The van der Waals surface area contributed by atoms with E-state index < -0.39 is 21.4 Å². The van der Waals surface area contributed by atoms with E-state index in [1.807, 2.05) is 31.2 Å². The van der Waals surface area contributed by atoms with Crippen molar-refractivity contribution < 1.29 is 13.2 Å². The molecule has 0 unspecified atom stereocenters. The van der Waals surface area contributed by atoms with E-state index in [-0.39, 0.29) is 10.6 Å². The zero-order valence-corrected chi connectivity index (χ0v) is 19.2. The minimum atomic E-state index is -3.57. The van der Waals surface area contributed by atoms with E-state index >= 15 is 0 Å². The third-order valence-corrected chi connectivity index (χ3v) is 7.52. The lowest BCUT2D eigenvalue weighted by molar-refractivity contribution is 0.101. The zero-order chi connectivity index (χ0) is 23.4. The van der Waals surface area contributed by atoms with Gasteiger partial charge in [0.05, 0.1) is 10.6 Å². The van der Waals surface area contributed by atoms with Crippen LogP contribution in [0.5, 0.6) is 0 Å². The minimum Gasteiger partial charge on any atom is -0.320 e. The van der Waals surface area contributed by atoms with Crippen LogP contribution in [-0.2, 0) is 10.0 Å². The molecule has 2 heterocycles. The summed E-state index contributed by atoms with van der Waals surface area (Å²) in [6.07, 6.45) is 5.30. The predicted octanol–water partition coefficient (Wildman–Crippen LogP) is 3.36. The molecule has 1 aliphatic rings. The first kappa shape index (κ1) is 22.9. The highest BCUT2D eigenvalue weighted by Crippen LogP contribution is 2.22. The second-order valence-corrected chi connectivity index (χ2v) is 10.0. The van der Waals surface area contributed by atoms with Gasteiger partial charge in [0.25, 0.3) is 5.91 Å². The average molecular weight is 467 g/mol. The first-order valence-corrected chi connectivity index (χ1v) is 12.4. The third kappa shape index (κ3) is 5.20. The highest BCUT2D eigenvalue weighted by molar-refractivity contribution is 7.89. The van der Waals surface area contributed by atoms with E-state index in [2.05, 4.69) is 10.4 Å². The van der Waals surface area contributed by atoms with Crippen molar-refractivity contribution in [3.05, 3.63) is 82.3 Å². The van der Waals surface area contributed by atoms with E-state index in [1.54, 1.807) is 0 Å². The topological polar surface area (TPSA) is 101 Å². The highest BCUT2D eigenvalue weighted by atomic mass is 32.2. The molecule has 0 radical (unpaired) electrons. The molecular formula is C24H26N4O4S. The van der Waals surface area contributed by atoms with E-state index in [1.165, 1.54) is 45.5 Å². The number of nitrogens with zero attached hydrogens (tertiary/aromatic N) is 3. The van der Waals surface area contributed by atoms with Crippen LogP contribution in [0.1, 0.15) is 41.7 Å². The number of carbonyl (C=O) groups excluding carboxylic acids is 1. The molecule has 0 aliphatic carbocycles.